The summed E-state index contributed by atoms with van der Waals surface area (Å²) in [6.07, 6.45) is 3.30. The van der Waals surface area contributed by atoms with Gasteiger partial charge in [-0.15, -0.1) is 0 Å². The van der Waals surface area contributed by atoms with E-state index in [1.807, 2.05) is 54.6 Å². The van der Waals surface area contributed by atoms with Crippen LogP contribution in [0.5, 0.6) is 11.5 Å². The molecule has 0 unspecified atom stereocenters. The first-order valence-electron chi connectivity index (χ1n) is 11.9. The van der Waals surface area contributed by atoms with Crippen LogP contribution in [0.15, 0.2) is 65.5 Å². The molecule has 0 bridgehead atoms. The van der Waals surface area contributed by atoms with E-state index in [0.29, 0.717) is 40.9 Å². The maximum atomic E-state index is 13.4. The number of ether oxygens (including phenoxy) is 2. The van der Waals surface area contributed by atoms with Crippen LogP contribution in [0.25, 0.3) is 21.8 Å². The highest BCUT2D eigenvalue weighted by atomic mass is 16.5. The number of fused-ring (bicyclic) bond motifs is 2. The second kappa shape index (κ2) is 11.1. The van der Waals surface area contributed by atoms with Crippen molar-refractivity contribution in [2.24, 2.45) is 0 Å². The number of pyridine rings is 1. The molecule has 0 radical (unpaired) electrons. The Labute approximate surface area is 204 Å². The number of nitrogens with zero attached hydrogens (tertiary/aromatic N) is 1. The van der Waals surface area contributed by atoms with Crippen LogP contribution in [-0.4, -0.2) is 31.2 Å². The zero-order chi connectivity index (χ0) is 24.8. The molecular formula is C28H32N3O4+. The minimum atomic E-state index is -0.0541. The van der Waals surface area contributed by atoms with Gasteiger partial charge in [-0.2, -0.15) is 0 Å². The Bertz CT molecular complexity index is 1390. The van der Waals surface area contributed by atoms with E-state index >= 15 is 0 Å². The molecular weight excluding hydrogens is 442 g/mol. The number of benzene rings is 3. The van der Waals surface area contributed by atoms with Crippen molar-refractivity contribution in [3.8, 4) is 11.5 Å². The molecule has 0 fully saturated rings. The van der Waals surface area contributed by atoms with Crippen LogP contribution in [0.4, 0.5) is 5.69 Å². The zero-order valence-corrected chi connectivity index (χ0v) is 20.3. The number of aromatic nitrogens is 1. The van der Waals surface area contributed by atoms with Crippen molar-refractivity contribution < 1.29 is 20.0 Å². The number of hydrogen-bond acceptors (Lipinski definition) is 4. The molecule has 0 saturated heterocycles. The molecule has 0 aliphatic heterocycles. The van der Waals surface area contributed by atoms with Crippen LogP contribution in [0.1, 0.15) is 31.2 Å². The highest BCUT2D eigenvalue weighted by molar-refractivity contribution is 5.97. The van der Waals surface area contributed by atoms with Crippen molar-refractivity contribution in [1.82, 2.24) is 4.57 Å². The maximum Gasteiger partial charge on any atom is 0.224 e. The third kappa shape index (κ3) is 5.46. The molecule has 4 aromatic rings. The average Bonchev–Trinajstić information content (AvgIpc) is 2.88. The first-order valence-corrected chi connectivity index (χ1v) is 11.9. The van der Waals surface area contributed by atoms with Crippen LogP contribution < -0.4 is 26.0 Å². The number of carbonyl (C=O) groups excluding carboxylic acids is 1. The molecule has 0 saturated carbocycles. The largest absolute Gasteiger partial charge is 0.497 e. The number of hydrogen-bond donors (Lipinski definition) is 2. The van der Waals surface area contributed by atoms with Crippen molar-refractivity contribution in [2.75, 3.05) is 26.1 Å². The number of anilines is 1. The Morgan fingerprint density at radius 1 is 0.886 bits per heavy atom. The zero-order valence-electron chi connectivity index (χ0n) is 20.3. The molecule has 1 heterocycles. The van der Waals surface area contributed by atoms with E-state index in [0.717, 1.165) is 42.4 Å². The van der Waals surface area contributed by atoms with Crippen LogP contribution in [0.2, 0.25) is 0 Å². The lowest BCUT2D eigenvalue weighted by Gasteiger charge is -2.17. The molecule has 3 aromatic carbocycles. The lowest BCUT2D eigenvalue weighted by molar-refractivity contribution is -0.368. The Kier molecular flexibility index (Phi) is 7.67. The van der Waals surface area contributed by atoms with Gasteiger partial charge in [0, 0.05) is 35.5 Å². The van der Waals surface area contributed by atoms with Gasteiger partial charge in [0.05, 0.1) is 31.8 Å². The summed E-state index contributed by atoms with van der Waals surface area (Å²) in [5, 5.41) is 4.14. The van der Waals surface area contributed by atoms with Crippen molar-refractivity contribution >= 4 is 33.4 Å². The molecule has 0 atom stereocenters. The predicted octanol–water partition coefficient (Wildman–Crippen LogP) is 3.96. The van der Waals surface area contributed by atoms with Gasteiger partial charge in [-0.25, -0.2) is 0 Å². The van der Waals surface area contributed by atoms with Crippen molar-refractivity contribution in [3.05, 3.63) is 76.5 Å². The summed E-state index contributed by atoms with van der Waals surface area (Å²) < 4.78 is 13.0. The van der Waals surface area contributed by atoms with Gasteiger partial charge >= 0.3 is 0 Å². The fourth-order valence-electron chi connectivity index (χ4n) is 4.38. The van der Waals surface area contributed by atoms with Gasteiger partial charge in [0.2, 0.25) is 5.91 Å². The minimum absolute atomic E-state index is 0.0435. The predicted molar refractivity (Wildman–Crippen MR) is 139 cm³/mol. The summed E-state index contributed by atoms with van der Waals surface area (Å²) >= 11 is 0. The molecule has 1 aromatic heterocycles. The van der Waals surface area contributed by atoms with Crippen LogP contribution in [0.3, 0.4) is 0 Å². The number of methoxy groups -OCH3 is 2. The second-order valence-corrected chi connectivity index (χ2v) is 8.60. The molecule has 4 N–H and O–H groups in total. The highest BCUT2D eigenvalue weighted by Gasteiger charge is 2.13. The lowest BCUT2D eigenvalue weighted by atomic mass is 10.1. The molecule has 0 aliphatic carbocycles. The number of rotatable bonds is 10. The van der Waals surface area contributed by atoms with E-state index in [-0.39, 0.29) is 11.3 Å². The first kappa shape index (κ1) is 24.3. The standard InChI is InChI=1S/C28H31N3O4/c1-34-21-14-19(15-22(17-21)35-2)18-31-25-9-6-5-8-23(25)28(33)24-16-20(11-12-26(24)31)30-27(32)10-4-3-7-13-29/h5-6,8-9,11-12,14-17H,3-4,7,10,13,18,29H2,1-2H3,(H,30,32)/p+1. The number of amides is 1. The van der Waals surface area contributed by atoms with Gasteiger partial charge in [0.15, 0.2) is 5.43 Å². The highest BCUT2D eigenvalue weighted by Crippen LogP contribution is 2.27. The summed E-state index contributed by atoms with van der Waals surface area (Å²) in [5.74, 6) is 1.36. The van der Waals surface area contributed by atoms with Crippen LogP contribution in [0, 0.1) is 0 Å². The van der Waals surface area contributed by atoms with E-state index in [9.17, 15) is 9.59 Å². The van der Waals surface area contributed by atoms with Crippen molar-refractivity contribution in [1.29, 1.82) is 0 Å². The quantitative estimate of drug-likeness (QED) is 0.269. The number of unbranched alkanes of at least 4 members (excludes halogenated alkanes) is 2. The number of para-hydroxylation sites is 1. The van der Waals surface area contributed by atoms with E-state index in [1.54, 1.807) is 20.3 Å². The number of nitrogens with one attached hydrogen (secondary N) is 1. The Morgan fingerprint density at radius 2 is 1.60 bits per heavy atom. The summed E-state index contributed by atoms with van der Waals surface area (Å²) in [5.41, 5.74) is 7.03. The number of quaternary nitrogens is 1. The molecule has 4 rings (SSSR count). The SMILES string of the molecule is COc1cc(Cn2c3ccccc3c(=O)c3cc(NC(=O)CCCCC[NH3+])ccc32)cc(OC)c1. The third-order valence-electron chi connectivity index (χ3n) is 6.16. The molecule has 1 amide bonds. The lowest BCUT2D eigenvalue weighted by Crippen LogP contribution is -2.50. The monoisotopic (exact) mass is 474 g/mol. The van der Waals surface area contributed by atoms with Crippen LogP contribution in [-0.2, 0) is 11.3 Å². The van der Waals surface area contributed by atoms with Gasteiger partial charge in [-0.1, -0.05) is 12.1 Å². The van der Waals surface area contributed by atoms with Gasteiger partial charge < -0.3 is 25.1 Å². The summed E-state index contributed by atoms with van der Waals surface area (Å²) in [6.45, 7) is 1.40. The Hall–Kier alpha value is -3.84. The van der Waals surface area contributed by atoms with Gasteiger partial charge in [0.1, 0.15) is 11.5 Å². The van der Waals surface area contributed by atoms with Gasteiger partial charge in [-0.05, 0) is 67.3 Å². The van der Waals surface area contributed by atoms with E-state index in [1.165, 1.54) is 0 Å². The minimum Gasteiger partial charge on any atom is -0.497 e. The van der Waals surface area contributed by atoms with Crippen molar-refractivity contribution in [2.45, 2.75) is 32.2 Å². The smallest absolute Gasteiger partial charge is 0.224 e. The Balaban J connectivity index is 1.75. The topological polar surface area (TPSA) is 97.2 Å². The van der Waals surface area contributed by atoms with Gasteiger partial charge in [0.25, 0.3) is 0 Å². The molecule has 7 nitrogen and oxygen atoms in total. The summed E-state index contributed by atoms with van der Waals surface area (Å²) in [7, 11) is 3.25. The molecule has 0 spiro atoms. The Morgan fingerprint density at radius 3 is 2.31 bits per heavy atom. The molecule has 7 heteroatoms. The van der Waals surface area contributed by atoms with Crippen molar-refractivity contribution in [3.63, 3.8) is 0 Å². The second-order valence-electron chi connectivity index (χ2n) is 8.60. The molecule has 35 heavy (non-hydrogen) atoms. The fourth-order valence-corrected chi connectivity index (χ4v) is 4.38. The average molecular weight is 475 g/mol. The van der Waals surface area contributed by atoms with Gasteiger partial charge in [-0.3, -0.25) is 9.59 Å². The third-order valence-corrected chi connectivity index (χ3v) is 6.16. The van der Waals surface area contributed by atoms with E-state index in [2.05, 4.69) is 15.6 Å². The first-order chi connectivity index (χ1) is 17.0. The molecule has 182 valence electrons. The summed E-state index contributed by atoms with van der Waals surface area (Å²) in [6, 6.07) is 18.9. The number of carbonyl (C=O) groups is 1. The normalized spacial score (nSPS) is 11.1. The maximum absolute atomic E-state index is 13.4. The fraction of sp³-hybridized carbons (Fsp3) is 0.286. The van der Waals surface area contributed by atoms with Crippen LogP contribution >= 0.6 is 0 Å². The van der Waals surface area contributed by atoms with E-state index in [4.69, 9.17) is 9.47 Å². The molecule has 0 aliphatic rings. The van der Waals surface area contributed by atoms with E-state index < -0.39 is 0 Å². The summed E-state index contributed by atoms with van der Waals surface area (Å²) in [4.78, 5) is 25.8.